The molecule has 0 bridgehead atoms. The lowest BCUT2D eigenvalue weighted by Crippen LogP contribution is -2.53. The Morgan fingerprint density at radius 2 is 1.69 bits per heavy atom. The number of amides is 2. The van der Waals surface area contributed by atoms with Crippen LogP contribution in [0.2, 0.25) is 10.0 Å². The normalized spacial score (nSPS) is 13.1. The summed E-state index contributed by atoms with van der Waals surface area (Å²) in [5, 5.41) is 3.74. The quantitative estimate of drug-likeness (QED) is 0.418. The number of hydrogen-bond donors (Lipinski definition) is 1. The molecule has 0 spiro atoms. The summed E-state index contributed by atoms with van der Waals surface area (Å²) < 4.78 is 26.7. The molecule has 0 heterocycles. The third kappa shape index (κ3) is 7.85. The largest absolute Gasteiger partial charge is 0.352 e. The van der Waals surface area contributed by atoms with Gasteiger partial charge in [0.05, 0.1) is 11.9 Å². The average Bonchev–Trinajstić information content (AvgIpc) is 2.79. The molecule has 0 fully saturated rings. The number of nitrogens with zero attached hydrogens (tertiary/aromatic N) is 2. The molecule has 0 aliphatic carbocycles. The standard InChI is InChI=1S/C26H35Cl2N3O4S/c1-7-19(5)29-26(33)23(8-2)30(15-20-11-12-21(27)14-22(20)28)25(32)16-31(36(6,34)35)24-13-17(3)9-10-18(24)4/h9-14,19,23H,7-8,15-16H2,1-6H3,(H,29,33)/t19-,23-/m0/s1. The van der Waals surface area contributed by atoms with Gasteiger partial charge in [0, 0.05) is 22.6 Å². The lowest BCUT2D eigenvalue weighted by atomic mass is 10.1. The van der Waals surface area contributed by atoms with Crippen molar-refractivity contribution in [3.05, 3.63) is 63.1 Å². The minimum atomic E-state index is -3.81. The average molecular weight is 557 g/mol. The predicted molar refractivity (Wildman–Crippen MR) is 147 cm³/mol. The highest BCUT2D eigenvalue weighted by molar-refractivity contribution is 7.92. The Balaban J connectivity index is 2.52. The van der Waals surface area contributed by atoms with Crippen molar-refractivity contribution in [1.82, 2.24) is 10.2 Å². The first-order chi connectivity index (χ1) is 16.8. The van der Waals surface area contributed by atoms with E-state index >= 15 is 0 Å². The van der Waals surface area contributed by atoms with Gasteiger partial charge in [-0.05, 0) is 68.5 Å². The Kier molecular flexibility index (Phi) is 10.6. The van der Waals surface area contributed by atoms with Gasteiger partial charge in [-0.15, -0.1) is 0 Å². The van der Waals surface area contributed by atoms with Gasteiger partial charge in [-0.1, -0.05) is 55.2 Å². The van der Waals surface area contributed by atoms with E-state index in [0.29, 0.717) is 33.3 Å². The van der Waals surface area contributed by atoms with Crippen LogP contribution in [0.3, 0.4) is 0 Å². The van der Waals surface area contributed by atoms with Gasteiger partial charge in [-0.2, -0.15) is 0 Å². The van der Waals surface area contributed by atoms with Crippen molar-refractivity contribution < 1.29 is 18.0 Å². The molecule has 0 saturated carbocycles. The van der Waals surface area contributed by atoms with E-state index in [2.05, 4.69) is 5.32 Å². The number of nitrogens with one attached hydrogen (secondary N) is 1. The number of rotatable bonds is 11. The van der Waals surface area contributed by atoms with E-state index in [4.69, 9.17) is 23.2 Å². The van der Waals surface area contributed by atoms with Crippen LogP contribution >= 0.6 is 23.2 Å². The van der Waals surface area contributed by atoms with E-state index in [9.17, 15) is 18.0 Å². The number of carbonyl (C=O) groups is 2. The third-order valence-electron chi connectivity index (χ3n) is 6.06. The van der Waals surface area contributed by atoms with Gasteiger partial charge in [-0.3, -0.25) is 13.9 Å². The van der Waals surface area contributed by atoms with Crippen LogP contribution in [0, 0.1) is 13.8 Å². The van der Waals surface area contributed by atoms with Crippen molar-refractivity contribution in [3.63, 3.8) is 0 Å². The molecule has 2 amide bonds. The highest BCUT2D eigenvalue weighted by Crippen LogP contribution is 2.26. The maximum absolute atomic E-state index is 13.8. The zero-order valence-corrected chi connectivity index (χ0v) is 24.0. The predicted octanol–water partition coefficient (Wildman–Crippen LogP) is 5.10. The highest BCUT2D eigenvalue weighted by atomic mass is 35.5. The van der Waals surface area contributed by atoms with Crippen LogP contribution in [0.4, 0.5) is 5.69 Å². The fraction of sp³-hybridized carbons (Fsp3) is 0.462. The topological polar surface area (TPSA) is 86.8 Å². The second-order valence-electron chi connectivity index (χ2n) is 9.06. The number of halogens is 2. The fourth-order valence-electron chi connectivity index (χ4n) is 3.78. The van der Waals surface area contributed by atoms with E-state index in [1.54, 1.807) is 31.2 Å². The van der Waals surface area contributed by atoms with Gasteiger partial charge in [0.2, 0.25) is 21.8 Å². The molecule has 7 nitrogen and oxygen atoms in total. The van der Waals surface area contributed by atoms with E-state index in [0.717, 1.165) is 22.5 Å². The van der Waals surface area contributed by atoms with E-state index in [1.165, 1.54) is 4.90 Å². The zero-order valence-electron chi connectivity index (χ0n) is 21.6. The van der Waals surface area contributed by atoms with Crippen LogP contribution < -0.4 is 9.62 Å². The minimum absolute atomic E-state index is 0.0195. The lowest BCUT2D eigenvalue weighted by Gasteiger charge is -2.34. The molecule has 198 valence electrons. The van der Waals surface area contributed by atoms with Crippen molar-refractivity contribution in [2.75, 3.05) is 17.1 Å². The van der Waals surface area contributed by atoms with Gasteiger partial charge >= 0.3 is 0 Å². The second kappa shape index (κ2) is 12.8. The summed E-state index contributed by atoms with van der Waals surface area (Å²) in [7, 11) is -3.81. The van der Waals surface area contributed by atoms with Crippen LogP contribution in [0.1, 0.15) is 50.3 Å². The molecule has 36 heavy (non-hydrogen) atoms. The van der Waals surface area contributed by atoms with E-state index in [-0.39, 0.29) is 18.5 Å². The molecule has 0 aliphatic heterocycles. The number of hydrogen-bond acceptors (Lipinski definition) is 4. The van der Waals surface area contributed by atoms with Crippen LogP contribution in [0.25, 0.3) is 0 Å². The minimum Gasteiger partial charge on any atom is -0.352 e. The molecule has 0 aromatic heterocycles. The summed E-state index contributed by atoms with van der Waals surface area (Å²) in [6.07, 6.45) is 2.13. The molecule has 2 aromatic rings. The molecule has 0 radical (unpaired) electrons. The summed E-state index contributed by atoms with van der Waals surface area (Å²) in [5.74, 6) is -0.818. The van der Waals surface area contributed by atoms with Crippen molar-refractivity contribution >= 4 is 50.7 Å². The van der Waals surface area contributed by atoms with Gasteiger partial charge in [0.15, 0.2) is 0 Å². The molecule has 0 aliphatic rings. The van der Waals surface area contributed by atoms with Gasteiger partial charge in [0.25, 0.3) is 0 Å². The Labute approximate surface area is 224 Å². The lowest BCUT2D eigenvalue weighted by molar-refractivity contribution is -0.140. The van der Waals surface area contributed by atoms with Crippen molar-refractivity contribution in [2.24, 2.45) is 0 Å². The summed E-state index contributed by atoms with van der Waals surface area (Å²) >= 11 is 12.4. The zero-order chi connectivity index (χ0) is 27.2. The Bertz CT molecular complexity index is 1200. The monoisotopic (exact) mass is 555 g/mol. The SMILES string of the molecule is CC[C@H](C)NC(=O)[C@H](CC)N(Cc1ccc(Cl)cc1Cl)C(=O)CN(c1cc(C)ccc1C)S(C)(=O)=O. The first-order valence-corrected chi connectivity index (χ1v) is 14.5. The Morgan fingerprint density at radius 1 is 1.03 bits per heavy atom. The molecule has 2 rings (SSSR count). The third-order valence-corrected chi connectivity index (χ3v) is 7.77. The summed E-state index contributed by atoms with van der Waals surface area (Å²) in [5.41, 5.74) is 2.60. The van der Waals surface area contributed by atoms with Gasteiger partial charge in [-0.25, -0.2) is 8.42 Å². The van der Waals surface area contributed by atoms with E-state index in [1.807, 2.05) is 39.8 Å². The van der Waals surface area contributed by atoms with Crippen molar-refractivity contribution in [2.45, 2.75) is 66.1 Å². The molecular formula is C26H35Cl2N3O4S. The van der Waals surface area contributed by atoms with Crippen molar-refractivity contribution in [1.29, 1.82) is 0 Å². The maximum atomic E-state index is 13.8. The maximum Gasteiger partial charge on any atom is 0.244 e. The number of sulfonamides is 1. The smallest absolute Gasteiger partial charge is 0.244 e. The first-order valence-electron chi connectivity index (χ1n) is 11.9. The van der Waals surface area contributed by atoms with E-state index < -0.39 is 28.5 Å². The fourth-order valence-corrected chi connectivity index (χ4v) is 5.14. The van der Waals surface area contributed by atoms with Gasteiger partial charge in [0.1, 0.15) is 12.6 Å². The molecular weight excluding hydrogens is 521 g/mol. The van der Waals surface area contributed by atoms with Crippen molar-refractivity contribution in [3.8, 4) is 0 Å². The van der Waals surface area contributed by atoms with Crippen LogP contribution in [0.5, 0.6) is 0 Å². The molecule has 2 atom stereocenters. The number of carbonyl (C=O) groups excluding carboxylic acids is 2. The number of aryl methyl sites for hydroxylation is 2. The second-order valence-corrected chi connectivity index (χ2v) is 11.8. The number of benzene rings is 2. The highest BCUT2D eigenvalue weighted by Gasteiger charge is 2.32. The van der Waals surface area contributed by atoms with Crippen LogP contribution in [-0.4, -0.2) is 50.0 Å². The van der Waals surface area contributed by atoms with Gasteiger partial charge < -0.3 is 10.2 Å². The van der Waals surface area contributed by atoms with Crippen LogP contribution in [0.15, 0.2) is 36.4 Å². The molecule has 0 saturated heterocycles. The summed E-state index contributed by atoms with van der Waals surface area (Å²) in [6.45, 7) is 8.86. The Morgan fingerprint density at radius 3 is 2.25 bits per heavy atom. The molecule has 0 unspecified atom stereocenters. The van der Waals surface area contributed by atoms with Crippen LogP contribution in [-0.2, 0) is 26.2 Å². The summed E-state index contributed by atoms with van der Waals surface area (Å²) in [6, 6.07) is 9.45. The number of anilines is 1. The molecule has 2 aromatic carbocycles. The first kappa shape index (κ1) is 29.9. The molecule has 1 N–H and O–H groups in total. The summed E-state index contributed by atoms with van der Waals surface area (Å²) in [4.78, 5) is 28.4. The molecule has 10 heteroatoms. The Hall–Kier alpha value is -2.29.